The molecule has 1 saturated heterocycles. The molecule has 0 aliphatic carbocycles. The number of aliphatic carboxylic acids is 1. The van der Waals surface area contributed by atoms with Gasteiger partial charge in [0.05, 0.1) is 6.42 Å². The molecule has 0 atom stereocenters. The smallest absolute Gasteiger partial charge is 0.308 e. The van der Waals surface area contributed by atoms with Crippen LogP contribution in [-0.2, 0) is 21.2 Å². The van der Waals surface area contributed by atoms with Crippen molar-refractivity contribution >= 4 is 27.3 Å². The number of nitrogens with one attached hydrogen (secondary N) is 1. The Morgan fingerprint density at radius 2 is 2.10 bits per heavy atom. The highest BCUT2D eigenvalue weighted by Crippen LogP contribution is 2.27. The van der Waals surface area contributed by atoms with Crippen molar-refractivity contribution in [1.29, 1.82) is 0 Å². The predicted molar refractivity (Wildman–Crippen MR) is 76.5 cm³/mol. The molecule has 6 nitrogen and oxygen atoms in total. The molecule has 0 radical (unpaired) electrons. The van der Waals surface area contributed by atoms with E-state index >= 15 is 0 Å². The standard InChI is InChI=1S/C12H18N2O4S2/c1-14(9-4-6-13-7-5-9)20(17,18)12-3-2-10(19-12)8-11(15)16/h2-3,9,13H,4-8H2,1H3,(H,15,16). The quantitative estimate of drug-likeness (QED) is 0.836. The van der Waals surface area contributed by atoms with Crippen LogP contribution in [-0.4, -0.2) is 50.0 Å². The van der Waals surface area contributed by atoms with Crippen molar-refractivity contribution in [1.82, 2.24) is 9.62 Å². The van der Waals surface area contributed by atoms with Gasteiger partial charge in [0.15, 0.2) is 0 Å². The molecule has 2 N–H and O–H groups in total. The first kappa shape index (κ1) is 15.4. The van der Waals surface area contributed by atoms with Gasteiger partial charge >= 0.3 is 5.97 Å². The molecule has 1 aromatic rings. The van der Waals surface area contributed by atoms with E-state index < -0.39 is 16.0 Å². The molecule has 1 aliphatic rings. The monoisotopic (exact) mass is 318 g/mol. The molecule has 1 fully saturated rings. The minimum Gasteiger partial charge on any atom is -0.481 e. The van der Waals surface area contributed by atoms with Gasteiger partial charge in [0.2, 0.25) is 0 Å². The molecule has 0 bridgehead atoms. The summed E-state index contributed by atoms with van der Waals surface area (Å²) in [6.45, 7) is 1.64. The topological polar surface area (TPSA) is 86.7 Å². The molecule has 1 aromatic heterocycles. The average molecular weight is 318 g/mol. The fourth-order valence-electron chi connectivity index (χ4n) is 2.25. The molecular formula is C12H18N2O4S2. The van der Waals surface area contributed by atoms with Crippen LogP contribution in [0.4, 0.5) is 0 Å². The molecule has 0 spiro atoms. The van der Waals surface area contributed by atoms with Crippen LogP contribution in [0, 0.1) is 0 Å². The Morgan fingerprint density at radius 3 is 2.70 bits per heavy atom. The van der Waals surface area contributed by atoms with Crippen LogP contribution in [0.25, 0.3) is 0 Å². The number of carboxylic acid groups (broad SMARTS) is 1. The zero-order chi connectivity index (χ0) is 14.8. The second-order valence-corrected chi connectivity index (χ2v) is 8.19. The first-order valence-electron chi connectivity index (χ1n) is 6.40. The van der Waals surface area contributed by atoms with Crippen LogP contribution < -0.4 is 5.32 Å². The summed E-state index contributed by atoms with van der Waals surface area (Å²) in [7, 11) is -1.92. The van der Waals surface area contributed by atoms with Gasteiger partial charge in [-0.15, -0.1) is 11.3 Å². The van der Waals surface area contributed by atoms with Gasteiger partial charge in [0, 0.05) is 18.0 Å². The van der Waals surface area contributed by atoms with E-state index in [9.17, 15) is 13.2 Å². The minimum absolute atomic E-state index is 0.00581. The Balaban J connectivity index is 2.16. The molecule has 0 saturated carbocycles. The van der Waals surface area contributed by atoms with Gasteiger partial charge in [-0.1, -0.05) is 0 Å². The van der Waals surface area contributed by atoms with Crippen molar-refractivity contribution in [3.8, 4) is 0 Å². The maximum absolute atomic E-state index is 12.5. The first-order valence-corrected chi connectivity index (χ1v) is 8.66. The number of nitrogens with zero attached hydrogens (tertiary/aromatic N) is 1. The van der Waals surface area contributed by atoms with Gasteiger partial charge in [0.1, 0.15) is 4.21 Å². The molecule has 20 heavy (non-hydrogen) atoms. The van der Waals surface area contributed by atoms with Crippen molar-refractivity contribution in [3.63, 3.8) is 0 Å². The molecule has 1 aliphatic heterocycles. The Bertz CT molecular complexity index is 576. The molecule has 0 aromatic carbocycles. The van der Waals surface area contributed by atoms with E-state index in [-0.39, 0.29) is 16.7 Å². The average Bonchev–Trinajstić information content (AvgIpc) is 2.87. The van der Waals surface area contributed by atoms with E-state index in [4.69, 9.17) is 5.11 Å². The van der Waals surface area contributed by atoms with Crippen LogP contribution in [0.5, 0.6) is 0 Å². The molecule has 112 valence electrons. The van der Waals surface area contributed by atoms with Crippen molar-refractivity contribution in [2.75, 3.05) is 20.1 Å². The molecule has 0 amide bonds. The van der Waals surface area contributed by atoms with Gasteiger partial charge in [-0.25, -0.2) is 8.42 Å². The highest BCUT2D eigenvalue weighted by atomic mass is 32.2. The lowest BCUT2D eigenvalue weighted by molar-refractivity contribution is -0.136. The SMILES string of the molecule is CN(C1CCNCC1)S(=O)(=O)c1ccc(CC(=O)O)s1. The number of carboxylic acids is 1. The summed E-state index contributed by atoms with van der Waals surface area (Å²) >= 11 is 1.03. The number of carbonyl (C=O) groups is 1. The van der Waals surface area contributed by atoms with Gasteiger partial charge in [-0.3, -0.25) is 4.79 Å². The van der Waals surface area contributed by atoms with Crippen LogP contribution in [0.2, 0.25) is 0 Å². The summed E-state index contributed by atoms with van der Waals surface area (Å²) in [5.74, 6) is -0.956. The fraction of sp³-hybridized carbons (Fsp3) is 0.583. The van der Waals surface area contributed by atoms with Gasteiger partial charge in [-0.05, 0) is 38.1 Å². The van der Waals surface area contributed by atoms with Crippen LogP contribution in [0.1, 0.15) is 17.7 Å². The summed E-state index contributed by atoms with van der Waals surface area (Å²) < 4.78 is 26.6. The lowest BCUT2D eigenvalue weighted by Gasteiger charge is -2.30. The highest BCUT2D eigenvalue weighted by molar-refractivity contribution is 7.91. The number of rotatable bonds is 5. The van der Waals surface area contributed by atoms with Crippen LogP contribution in [0.15, 0.2) is 16.3 Å². The van der Waals surface area contributed by atoms with E-state index in [0.717, 1.165) is 37.3 Å². The second-order valence-electron chi connectivity index (χ2n) is 4.79. The summed E-state index contributed by atoms with van der Waals surface area (Å²) in [6.07, 6.45) is 1.45. The van der Waals surface area contributed by atoms with Crippen LogP contribution >= 0.6 is 11.3 Å². The fourth-order valence-corrected chi connectivity index (χ4v) is 5.20. The highest BCUT2D eigenvalue weighted by Gasteiger charge is 2.30. The zero-order valence-electron chi connectivity index (χ0n) is 11.2. The molecular weight excluding hydrogens is 300 g/mol. The predicted octanol–water partition coefficient (Wildman–Crippen LogP) is 0.748. The number of hydrogen-bond donors (Lipinski definition) is 2. The molecule has 2 heterocycles. The second kappa shape index (κ2) is 6.21. The largest absolute Gasteiger partial charge is 0.481 e. The van der Waals surface area contributed by atoms with Crippen molar-refractivity contribution in [3.05, 3.63) is 17.0 Å². The number of thiophene rings is 1. The lowest BCUT2D eigenvalue weighted by atomic mass is 10.1. The third-order valence-electron chi connectivity index (χ3n) is 3.42. The van der Waals surface area contributed by atoms with Crippen molar-refractivity contribution < 1.29 is 18.3 Å². The summed E-state index contributed by atoms with van der Waals surface area (Å²) in [5, 5.41) is 11.9. The normalized spacial score (nSPS) is 17.5. The minimum atomic E-state index is -3.52. The van der Waals surface area contributed by atoms with E-state index in [2.05, 4.69) is 5.32 Å². The molecule has 0 unspecified atom stereocenters. The van der Waals surface area contributed by atoms with E-state index in [1.807, 2.05) is 0 Å². The summed E-state index contributed by atoms with van der Waals surface area (Å²) in [4.78, 5) is 11.2. The third-order valence-corrected chi connectivity index (χ3v) is 6.88. The lowest BCUT2D eigenvalue weighted by Crippen LogP contribution is -2.43. The number of hydrogen-bond acceptors (Lipinski definition) is 5. The maximum Gasteiger partial charge on any atom is 0.308 e. The van der Waals surface area contributed by atoms with Crippen molar-refractivity contribution in [2.45, 2.75) is 29.5 Å². The first-order chi connectivity index (χ1) is 9.41. The Labute approximate surface area is 122 Å². The number of piperidine rings is 1. The van der Waals surface area contributed by atoms with Gasteiger partial charge in [-0.2, -0.15) is 4.31 Å². The molecule has 2 rings (SSSR count). The Kier molecular flexibility index (Phi) is 4.79. The maximum atomic E-state index is 12.5. The summed E-state index contributed by atoms with van der Waals surface area (Å²) in [6, 6.07) is 3.07. The Hall–Kier alpha value is -0.960. The third kappa shape index (κ3) is 3.38. The number of sulfonamides is 1. The van der Waals surface area contributed by atoms with E-state index in [1.165, 1.54) is 10.4 Å². The van der Waals surface area contributed by atoms with E-state index in [0.29, 0.717) is 4.88 Å². The summed E-state index contributed by atoms with van der Waals surface area (Å²) in [5.41, 5.74) is 0. The van der Waals surface area contributed by atoms with Crippen LogP contribution in [0.3, 0.4) is 0 Å². The van der Waals surface area contributed by atoms with Gasteiger partial charge < -0.3 is 10.4 Å². The molecule has 8 heteroatoms. The van der Waals surface area contributed by atoms with Crippen molar-refractivity contribution in [2.24, 2.45) is 0 Å². The van der Waals surface area contributed by atoms with Gasteiger partial charge in [0.25, 0.3) is 10.0 Å². The van der Waals surface area contributed by atoms with E-state index in [1.54, 1.807) is 13.1 Å². The zero-order valence-corrected chi connectivity index (χ0v) is 12.8. The Morgan fingerprint density at radius 1 is 1.45 bits per heavy atom.